The van der Waals surface area contributed by atoms with E-state index in [4.69, 9.17) is 5.11 Å². The molecule has 0 radical (unpaired) electrons. The molecule has 0 saturated heterocycles. The highest BCUT2D eigenvalue weighted by molar-refractivity contribution is 7.92. The summed E-state index contributed by atoms with van der Waals surface area (Å²) in [5.41, 5.74) is 0.946. The molecule has 3 N–H and O–H groups in total. The minimum Gasteiger partial charge on any atom is -0.481 e. The third-order valence-electron chi connectivity index (χ3n) is 2.23. The van der Waals surface area contributed by atoms with E-state index >= 15 is 0 Å². The van der Waals surface area contributed by atoms with Crippen LogP contribution in [0.4, 0.5) is 5.69 Å². The molecule has 0 aromatic heterocycles. The van der Waals surface area contributed by atoms with E-state index < -0.39 is 22.1 Å². The van der Waals surface area contributed by atoms with Crippen LogP contribution in [-0.2, 0) is 14.8 Å². The Labute approximate surface area is 105 Å². The van der Waals surface area contributed by atoms with E-state index in [-0.39, 0.29) is 12.8 Å². The van der Waals surface area contributed by atoms with Gasteiger partial charge in [-0.1, -0.05) is 12.1 Å². The largest absolute Gasteiger partial charge is 0.481 e. The minimum absolute atomic E-state index is 0.119. The molecule has 1 unspecified atom stereocenters. The van der Waals surface area contributed by atoms with Gasteiger partial charge in [-0.3, -0.25) is 9.52 Å². The van der Waals surface area contributed by atoms with Crippen molar-refractivity contribution in [2.24, 2.45) is 0 Å². The molecule has 6 nitrogen and oxygen atoms in total. The highest BCUT2D eigenvalue weighted by Crippen LogP contribution is 2.20. The van der Waals surface area contributed by atoms with Gasteiger partial charge in [0.05, 0.1) is 12.4 Å². The summed E-state index contributed by atoms with van der Waals surface area (Å²) in [6, 6.07) is 6.14. The predicted molar refractivity (Wildman–Crippen MR) is 66.7 cm³/mol. The lowest BCUT2D eigenvalue weighted by molar-refractivity contribution is -0.137. The summed E-state index contributed by atoms with van der Waals surface area (Å²) in [5, 5.41) is 18.2. The second kappa shape index (κ2) is 5.83. The maximum absolute atomic E-state index is 11.0. The van der Waals surface area contributed by atoms with Crippen LogP contribution in [-0.4, -0.2) is 30.9 Å². The first-order valence-corrected chi connectivity index (χ1v) is 7.14. The number of hydrogen-bond acceptors (Lipinski definition) is 4. The van der Waals surface area contributed by atoms with Crippen LogP contribution in [0.5, 0.6) is 0 Å². The molecule has 100 valence electrons. The number of benzene rings is 1. The predicted octanol–water partition coefficient (Wildman–Crippen LogP) is 0.956. The van der Waals surface area contributed by atoms with E-state index in [0.717, 1.165) is 6.26 Å². The summed E-state index contributed by atoms with van der Waals surface area (Å²) in [7, 11) is -3.32. The molecule has 1 rings (SSSR count). The fourth-order valence-corrected chi connectivity index (χ4v) is 1.98. The smallest absolute Gasteiger partial charge is 0.303 e. The maximum atomic E-state index is 11.0. The van der Waals surface area contributed by atoms with Crippen LogP contribution in [0.3, 0.4) is 0 Å². The van der Waals surface area contributed by atoms with Crippen LogP contribution in [0.1, 0.15) is 24.5 Å². The monoisotopic (exact) mass is 273 g/mol. The van der Waals surface area contributed by atoms with Crippen molar-refractivity contribution in [3.8, 4) is 0 Å². The molecular formula is C11H15NO5S. The van der Waals surface area contributed by atoms with Gasteiger partial charge in [-0.05, 0) is 24.1 Å². The normalized spacial score (nSPS) is 13.0. The van der Waals surface area contributed by atoms with Gasteiger partial charge in [0.15, 0.2) is 0 Å². The Morgan fingerprint density at radius 1 is 1.33 bits per heavy atom. The van der Waals surface area contributed by atoms with E-state index in [0.29, 0.717) is 11.3 Å². The second-order valence-electron chi connectivity index (χ2n) is 3.94. The van der Waals surface area contributed by atoms with E-state index in [9.17, 15) is 18.3 Å². The molecule has 0 aliphatic heterocycles. The molecule has 0 heterocycles. The Morgan fingerprint density at radius 2 is 1.89 bits per heavy atom. The Bertz CT molecular complexity index is 509. The fourth-order valence-electron chi connectivity index (χ4n) is 1.41. The summed E-state index contributed by atoms with van der Waals surface area (Å²) in [4.78, 5) is 10.4. The molecule has 7 heteroatoms. The number of aliphatic hydroxyl groups is 1. The van der Waals surface area contributed by atoms with Gasteiger partial charge in [-0.2, -0.15) is 0 Å². The van der Waals surface area contributed by atoms with Crippen LogP contribution in [0.15, 0.2) is 24.3 Å². The van der Waals surface area contributed by atoms with Crippen LogP contribution in [0.25, 0.3) is 0 Å². The molecule has 1 aromatic rings. The first kappa shape index (κ1) is 14.5. The topological polar surface area (TPSA) is 104 Å². The Morgan fingerprint density at radius 3 is 2.33 bits per heavy atom. The molecule has 1 atom stereocenters. The van der Waals surface area contributed by atoms with E-state index in [1.165, 1.54) is 12.1 Å². The van der Waals surface area contributed by atoms with Crippen molar-refractivity contribution in [2.45, 2.75) is 18.9 Å². The number of aliphatic hydroxyl groups excluding tert-OH is 1. The van der Waals surface area contributed by atoms with E-state index in [2.05, 4.69) is 4.72 Å². The number of rotatable bonds is 6. The van der Waals surface area contributed by atoms with Gasteiger partial charge in [-0.15, -0.1) is 0 Å². The molecule has 0 saturated carbocycles. The lowest BCUT2D eigenvalue weighted by atomic mass is 10.0. The summed E-state index contributed by atoms with van der Waals surface area (Å²) in [6.45, 7) is 0. The number of carbonyl (C=O) groups is 1. The van der Waals surface area contributed by atoms with Gasteiger partial charge in [0.1, 0.15) is 0 Å². The zero-order valence-electron chi connectivity index (χ0n) is 9.83. The van der Waals surface area contributed by atoms with Gasteiger partial charge in [0, 0.05) is 12.1 Å². The third-order valence-corrected chi connectivity index (χ3v) is 2.84. The third kappa shape index (κ3) is 5.15. The Kier molecular flexibility index (Phi) is 4.69. The molecule has 0 aliphatic rings. The van der Waals surface area contributed by atoms with E-state index in [1.807, 2.05) is 0 Å². The van der Waals surface area contributed by atoms with Crippen molar-refractivity contribution >= 4 is 21.7 Å². The molecule has 0 amide bonds. The summed E-state index contributed by atoms with van der Waals surface area (Å²) >= 11 is 0. The molecular weight excluding hydrogens is 258 g/mol. The number of carboxylic acids is 1. The summed E-state index contributed by atoms with van der Waals surface area (Å²) in [6.07, 6.45) is 0.176. The maximum Gasteiger partial charge on any atom is 0.303 e. The average Bonchev–Trinajstić information content (AvgIpc) is 2.24. The summed E-state index contributed by atoms with van der Waals surface area (Å²) < 4.78 is 24.2. The molecule has 0 aliphatic carbocycles. The molecule has 0 bridgehead atoms. The molecule has 1 aromatic carbocycles. The molecule has 0 spiro atoms. The zero-order valence-corrected chi connectivity index (χ0v) is 10.6. The number of carboxylic acid groups (broad SMARTS) is 1. The molecule has 0 fully saturated rings. The number of hydrogen-bond donors (Lipinski definition) is 3. The SMILES string of the molecule is CS(=O)(=O)Nc1ccc(C(O)CCC(=O)O)cc1. The van der Waals surface area contributed by atoms with Crippen molar-refractivity contribution in [1.29, 1.82) is 0 Å². The van der Waals surface area contributed by atoms with Crippen LogP contribution >= 0.6 is 0 Å². The number of sulfonamides is 1. The van der Waals surface area contributed by atoms with Gasteiger partial charge in [0.2, 0.25) is 10.0 Å². The zero-order chi connectivity index (χ0) is 13.8. The lowest BCUT2D eigenvalue weighted by Crippen LogP contribution is -2.09. The number of nitrogens with one attached hydrogen (secondary N) is 1. The first-order valence-electron chi connectivity index (χ1n) is 5.25. The lowest BCUT2D eigenvalue weighted by Gasteiger charge is -2.10. The highest BCUT2D eigenvalue weighted by Gasteiger charge is 2.10. The fraction of sp³-hybridized carbons (Fsp3) is 0.364. The van der Waals surface area contributed by atoms with Crippen molar-refractivity contribution in [3.05, 3.63) is 29.8 Å². The number of aliphatic carboxylic acids is 1. The second-order valence-corrected chi connectivity index (χ2v) is 5.69. The van der Waals surface area contributed by atoms with Crippen molar-refractivity contribution in [3.63, 3.8) is 0 Å². The average molecular weight is 273 g/mol. The van der Waals surface area contributed by atoms with E-state index in [1.54, 1.807) is 12.1 Å². The van der Waals surface area contributed by atoms with Crippen molar-refractivity contribution in [2.75, 3.05) is 11.0 Å². The van der Waals surface area contributed by atoms with Gasteiger partial charge in [-0.25, -0.2) is 8.42 Å². The quantitative estimate of drug-likeness (QED) is 0.716. The van der Waals surface area contributed by atoms with Crippen molar-refractivity contribution < 1.29 is 23.4 Å². The standard InChI is InChI=1S/C11H15NO5S/c1-18(16,17)12-9-4-2-8(3-5-9)10(13)6-7-11(14)15/h2-5,10,12-13H,6-7H2,1H3,(H,14,15). The number of anilines is 1. The minimum atomic E-state index is -3.32. The van der Waals surface area contributed by atoms with Gasteiger partial charge >= 0.3 is 5.97 Å². The van der Waals surface area contributed by atoms with Crippen molar-refractivity contribution in [1.82, 2.24) is 0 Å². The summed E-state index contributed by atoms with van der Waals surface area (Å²) in [5.74, 6) is -0.968. The van der Waals surface area contributed by atoms with Crippen LogP contribution < -0.4 is 4.72 Å². The van der Waals surface area contributed by atoms with Crippen LogP contribution in [0, 0.1) is 0 Å². The Balaban J connectivity index is 2.67. The van der Waals surface area contributed by atoms with Crippen LogP contribution in [0.2, 0.25) is 0 Å². The molecule has 18 heavy (non-hydrogen) atoms. The highest BCUT2D eigenvalue weighted by atomic mass is 32.2. The Hall–Kier alpha value is -1.60. The van der Waals surface area contributed by atoms with Gasteiger partial charge < -0.3 is 10.2 Å². The first-order chi connectivity index (χ1) is 8.28. The van der Waals surface area contributed by atoms with Gasteiger partial charge in [0.25, 0.3) is 0 Å².